The Bertz CT molecular complexity index is 1270. The highest BCUT2D eigenvalue weighted by molar-refractivity contribution is 7.21. The molecule has 0 spiro atoms. The number of nitrogens with zero attached hydrogens (tertiary/aromatic N) is 2. The first-order chi connectivity index (χ1) is 15.6. The number of aromatic nitrogens is 1. The Kier molecular flexibility index (Phi) is 5.91. The summed E-state index contributed by atoms with van der Waals surface area (Å²) in [6.45, 7) is 7.10. The van der Waals surface area contributed by atoms with Gasteiger partial charge in [0.1, 0.15) is 0 Å². The number of pyridine rings is 1. The van der Waals surface area contributed by atoms with Crippen molar-refractivity contribution in [2.24, 2.45) is 0 Å². The van der Waals surface area contributed by atoms with Gasteiger partial charge in [-0.25, -0.2) is 0 Å². The molecule has 2 aromatic heterocycles. The van der Waals surface area contributed by atoms with Crippen molar-refractivity contribution >= 4 is 38.2 Å². The Hall–Kier alpha value is -2.80. The molecule has 0 saturated carbocycles. The fraction of sp³-hybridized carbons (Fsp3) is 0.308. The highest BCUT2D eigenvalue weighted by atomic mass is 32.1. The SMILES string of the molecule is CC(C)NC(=O)c1sc2ccccc2c1C1CN(Cc2ccc3ncccc3c2)CCO1. The zero-order valence-electron chi connectivity index (χ0n) is 18.4. The lowest BCUT2D eigenvalue weighted by Crippen LogP contribution is -2.38. The molecule has 1 atom stereocenters. The lowest BCUT2D eigenvalue weighted by atomic mass is 10.0. The smallest absolute Gasteiger partial charge is 0.261 e. The van der Waals surface area contributed by atoms with Crippen molar-refractivity contribution in [2.45, 2.75) is 32.5 Å². The van der Waals surface area contributed by atoms with Gasteiger partial charge in [0.25, 0.3) is 5.91 Å². The molecule has 1 unspecified atom stereocenters. The van der Waals surface area contributed by atoms with E-state index in [1.54, 1.807) is 11.3 Å². The van der Waals surface area contributed by atoms with Crippen molar-refractivity contribution in [3.05, 3.63) is 76.8 Å². The van der Waals surface area contributed by atoms with Crippen LogP contribution in [0.25, 0.3) is 21.0 Å². The highest BCUT2D eigenvalue weighted by Gasteiger charge is 2.30. The van der Waals surface area contributed by atoms with Crippen LogP contribution in [0.15, 0.2) is 60.8 Å². The molecule has 4 aromatic rings. The second kappa shape index (κ2) is 8.98. The first-order valence-corrected chi connectivity index (χ1v) is 11.9. The highest BCUT2D eigenvalue weighted by Crippen LogP contribution is 2.38. The first-order valence-electron chi connectivity index (χ1n) is 11.1. The fourth-order valence-electron chi connectivity index (χ4n) is 4.38. The molecule has 1 aliphatic heterocycles. The van der Waals surface area contributed by atoms with Crippen molar-refractivity contribution in [3.8, 4) is 0 Å². The lowest BCUT2D eigenvalue weighted by molar-refractivity contribution is -0.0323. The molecule has 1 fully saturated rings. The van der Waals surface area contributed by atoms with Crippen LogP contribution < -0.4 is 5.32 Å². The Labute approximate surface area is 192 Å². The molecule has 5 nitrogen and oxygen atoms in total. The zero-order chi connectivity index (χ0) is 22.1. The molecule has 1 aliphatic rings. The standard InChI is InChI=1S/C26H27N3O2S/c1-17(2)28-26(30)25-24(20-7-3-4-8-23(20)32-25)22-16-29(12-13-31-22)15-18-9-10-21-19(14-18)6-5-11-27-21/h3-11,14,17,22H,12-13,15-16H2,1-2H3,(H,28,30). The average molecular weight is 446 g/mol. The minimum absolute atomic E-state index is 0.0149. The summed E-state index contributed by atoms with van der Waals surface area (Å²) >= 11 is 1.56. The number of fused-ring (bicyclic) bond motifs is 2. The van der Waals surface area contributed by atoms with Gasteiger partial charge in [-0.2, -0.15) is 0 Å². The van der Waals surface area contributed by atoms with Crippen LogP contribution in [-0.4, -0.2) is 41.5 Å². The van der Waals surface area contributed by atoms with Gasteiger partial charge < -0.3 is 10.1 Å². The van der Waals surface area contributed by atoms with E-state index in [1.807, 2.05) is 38.2 Å². The van der Waals surface area contributed by atoms with Gasteiger partial charge in [0.2, 0.25) is 0 Å². The molecule has 6 heteroatoms. The summed E-state index contributed by atoms with van der Waals surface area (Å²) in [6.07, 6.45) is 1.70. The minimum Gasteiger partial charge on any atom is -0.371 e. The van der Waals surface area contributed by atoms with Crippen LogP contribution in [-0.2, 0) is 11.3 Å². The minimum atomic E-state index is -0.130. The molecule has 0 aliphatic carbocycles. The number of hydrogen-bond acceptors (Lipinski definition) is 5. The number of hydrogen-bond donors (Lipinski definition) is 1. The van der Waals surface area contributed by atoms with Crippen LogP contribution in [0.5, 0.6) is 0 Å². The second-order valence-electron chi connectivity index (χ2n) is 8.59. The van der Waals surface area contributed by atoms with Gasteiger partial charge in [-0.05, 0) is 49.1 Å². The molecule has 32 heavy (non-hydrogen) atoms. The third-order valence-corrected chi connectivity index (χ3v) is 6.99. The van der Waals surface area contributed by atoms with Crippen LogP contribution in [0, 0.1) is 0 Å². The molecule has 1 N–H and O–H groups in total. The molecule has 3 heterocycles. The summed E-state index contributed by atoms with van der Waals surface area (Å²) < 4.78 is 7.36. The van der Waals surface area contributed by atoms with Crippen LogP contribution in [0.4, 0.5) is 0 Å². The van der Waals surface area contributed by atoms with Gasteiger partial charge >= 0.3 is 0 Å². The fourth-order valence-corrected chi connectivity index (χ4v) is 5.54. The first kappa shape index (κ1) is 21.1. The second-order valence-corrected chi connectivity index (χ2v) is 9.65. The number of ether oxygens (including phenoxy) is 1. The summed E-state index contributed by atoms with van der Waals surface area (Å²) in [5.74, 6) is -0.0149. The summed E-state index contributed by atoms with van der Waals surface area (Å²) in [6, 6.07) is 18.9. The quantitative estimate of drug-likeness (QED) is 0.461. The number of carbonyl (C=O) groups is 1. The Morgan fingerprint density at radius 1 is 1.22 bits per heavy atom. The van der Waals surface area contributed by atoms with Gasteiger partial charge in [-0.3, -0.25) is 14.7 Å². The van der Waals surface area contributed by atoms with Crippen LogP contribution in [0.1, 0.15) is 40.8 Å². The summed E-state index contributed by atoms with van der Waals surface area (Å²) in [5.41, 5.74) is 3.30. The Balaban J connectivity index is 1.42. The van der Waals surface area contributed by atoms with Crippen LogP contribution >= 0.6 is 11.3 Å². The zero-order valence-corrected chi connectivity index (χ0v) is 19.2. The third kappa shape index (κ3) is 4.26. The number of benzene rings is 2. The number of amides is 1. The number of thiophene rings is 1. The molecule has 1 amide bonds. The monoisotopic (exact) mass is 445 g/mol. The molecular weight excluding hydrogens is 418 g/mol. The van der Waals surface area contributed by atoms with Gasteiger partial charge in [-0.15, -0.1) is 11.3 Å². The van der Waals surface area contributed by atoms with Crippen LogP contribution in [0.3, 0.4) is 0 Å². The molecule has 0 bridgehead atoms. The molecule has 5 rings (SSSR count). The van der Waals surface area contributed by atoms with E-state index in [4.69, 9.17) is 4.74 Å². The van der Waals surface area contributed by atoms with Crippen molar-refractivity contribution < 1.29 is 9.53 Å². The number of rotatable bonds is 5. The van der Waals surface area contributed by atoms with E-state index in [2.05, 4.69) is 51.6 Å². The van der Waals surface area contributed by atoms with Crippen molar-refractivity contribution in [2.75, 3.05) is 19.7 Å². The maximum absolute atomic E-state index is 13.0. The predicted molar refractivity (Wildman–Crippen MR) is 130 cm³/mol. The van der Waals surface area contributed by atoms with Gasteiger partial charge in [0, 0.05) is 47.5 Å². The molecule has 0 radical (unpaired) electrons. The van der Waals surface area contributed by atoms with Crippen molar-refractivity contribution in [3.63, 3.8) is 0 Å². The van der Waals surface area contributed by atoms with E-state index in [9.17, 15) is 4.79 Å². The topological polar surface area (TPSA) is 54.5 Å². The van der Waals surface area contributed by atoms with E-state index in [1.165, 1.54) is 5.56 Å². The maximum atomic E-state index is 13.0. The van der Waals surface area contributed by atoms with E-state index in [-0.39, 0.29) is 18.1 Å². The Morgan fingerprint density at radius 3 is 2.97 bits per heavy atom. The summed E-state index contributed by atoms with van der Waals surface area (Å²) in [7, 11) is 0. The molecular formula is C26H27N3O2S. The number of nitrogens with one attached hydrogen (secondary N) is 1. The summed E-state index contributed by atoms with van der Waals surface area (Å²) in [4.78, 5) is 20.6. The van der Waals surface area contributed by atoms with E-state index in [0.717, 1.165) is 51.1 Å². The van der Waals surface area contributed by atoms with E-state index >= 15 is 0 Å². The lowest BCUT2D eigenvalue weighted by Gasteiger charge is -2.33. The number of morpholine rings is 1. The van der Waals surface area contributed by atoms with E-state index < -0.39 is 0 Å². The van der Waals surface area contributed by atoms with Crippen molar-refractivity contribution in [1.29, 1.82) is 0 Å². The third-order valence-electron chi connectivity index (χ3n) is 5.81. The van der Waals surface area contributed by atoms with Gasteiger partial charge in [0.05, 0.1) is 23.1 Å². The van der Waals surface area contributed by atoms with E-state index in [0.29, 0.717) is 6.61 Å². The summed E-state index contributed by atoms with van der Waals surface area (Å²) in [5, 5.41) is 5.34. The van der Waals surface area contributed by atoms with Gasteiger partial charge in [-0.1, -0.05) is 30.3 Å². The Morgan fingerprint density at radius 2 is 2.09 bits per heavy atom. The molecule has 164 valence electrons. The van der Waals surface area contributed by atoms with Gasteiger partial charge in [0.15, 0.2) is 0 Å². The van der Waals surface area contributed by atoms with Crippen LogP contribution in [0.2, 0.25) is 0 Å². The average Bonchev–Trinajstić information content (AvgIpc) is 3.19. The largest absolute Gasteiger partial charge is 0.371 e. The normalized spacial score (nSPS) is 17.3. The predicted octanol–water partition coefficient (Wildman–Crippen LogP) is 5.16. The van der Waals surface area contributed by atoms with Crippen molar-refractivity contribution in [1.82, 2.24) is 15.2 Å². The number of carbonyl (C=O) groups excluding carboxylic acids is 1. The maximum Gasteiger partial charge on any atom is 0.261 e. The molecule has 1 saturated heterocycles. The molecule has 2 aromatic carbocycles.